The second-order valence-electron chi connectivity index (χ2n) is 13.2. The molecule has 10 rings (SSSR count). The van der Waals surface area contributed by atoms with Crippen LogP contribution in [0.5, 0.6) is 0 Å². The quantitative estimate of drug-likeness (QED) is 0.185. The Labute approximate surface area is 279 Å². The molecule has 7 aromatic rings. The van der Waals surface area contributed by atoms with Crippen molar-refractivity contribution >= 4 is 45.3 Å². The normalized spacial score (nSPS) is 14.6. The van der Waals surface area contributed by atoms with Gasteiger partial charge in [-0.05, 0) is 137 Å². The molecule has 0 radical (unpaired) electrons. The summed E-state index contributed by atoms with van der Waals surface area (Å²) in [5, 5.41) is 4.38. The molecule has 0 amide bonds. The van der Waals surface area contributed by atoms with E-state index >= 15 is 4.39 Å². The van der Waals surface area contributed by atoms with Gasteiger partial charge in [0.2, 0.25) is 0 Å². The average molecular weight is 615 g/mol. The molecule has 0 atom stereocenters. The van der Waals surface area contributed by atoms with Crippen LogP contribution in [0.25, 0.3) is 89.9 Å². The smallest absolute Gasteiger partial charge is 0.131 e. The van der Waals surface area contributed by atoms with Crippen molar-refractivity contribution in [3.8, 4) is 44.5 Å². The number of rotatable bonds is 4. The molecule has 0 heterocycles. The van der Waals surface area contributed by atoms with Gasteiger partial charge < -0.3 is 0 Å². The topological polar surface area (TPSA) is 0 Å². The van der Waals surface area contributed by atoms with Crippen molar-refractivity contribution in [3.05, 3.63) is 167 Å². The monoisotopic (exact) mass is 614 g/mol. The summed E-state index contributed by atoms with van der Waals surface area (Å²) in [6.45, 7) is 4.48. The lowest BCUT2D eigenvalue weighted by molar-refractivity contribution is 0.640. The molecule has 48 heavy (non-hydrogen) atoms. The Kier molecular flexibility index (Phi) is 5.90. The van der Waals surface area contributed by atoms with Gasteiger partial charge in [-0.2, -0.15) is 0 Å². The molecule has 1 heteroatoms. The largest absolute Gasteiger partial charge is 0.206 e. The molecule has 3 aliphatic carbocycles. The first-order chi connectivity index (χ1) is 23.7. The van der Waals surface area contributed by atoms with Crippen molar-refractivity contribution in [1.82, 2.24) is 0 Å². The van der Waals surface area contributed by atoms with Gasteiger partial charge in [-0.1, -0.05) is 128 Å². The van der Waals surface area contributed by atoms with Crippen molar-refractivity contribution in [3.63, 3.8) is 0 Å². The van der Waals surface area contributed by atoms with Crippen LogP contribution in [0.3, 0.4) is 0 Å². The summed E-state index contributed by atoms with van der Waals surface area (Å²) >= 11 is 0. The minimum absolute atomic E-state index is 0.166. The van der Waals surface area contributed by atoms with Crippen molar-refractivity contribution in [2.45, 2.75) is 19.3 Å². The molecule has 7 aromatic carbocycles. The van der Waals surface area contributed by atoms with E-state index in [1.165, 1.54) is 77.5 Å². The third-order valence-electron chi connectivity index (χ3n) is 10.7. The molecule has 226 valence electrons. The molecule has 0 nitrogen and oxygen atoms in total. The van der Waals surface area contributed by atoms with Crippen LogP contribution in [0.1, 0.15) is 39.8 Å². The molecule has 0 N–H and O–H groups in total. The fourth-order valence-electron chi connectivity index (χ4n) is 8.78. The number of hydrogen-bond donors (Lipinski definition) is 0. The Morgan fingerprint density at radius 1 is 0.583 bits per heavy atom. The lowest BCUT2D eigenvalue weighted by atomic mass is 9.79. The zero-order chi connectivity index (χ0) is 31.9. The number of allylic oxidation sites excluding steroid dienone is 2. The van der Waals surface area contributed by atoms with E-state index in [1.807, 2.05) is 18.2 Å². The summed E-state index contributed by atoms with van der Waals surface area (Å²) in [6.07, 6.45) is 12.0. The first-order valence-corrected chi connectivity index (χ1v) is 16.9. The molecule has 0 unspecified atom stereocenters. The van der Waals surface area contributed by atoms with Crippen LogP contribution in [0.4, 0.5) is 4.39 Å². The van der Waals surface area contributed by atoms with Crippen molar-refractivity contribution in [2.75, 3.05) is 0 Å². The van der Waals surface area contributed by atoms with Crippen molar-refractivity contribution in [2.24, 2.45) is 0 Å². The highest BCUT2D eigenvalue weighted by Gasteiger charge is 2.33. The first kappa shape index (κ1) is 27.3. The summed E-state index contributed by atoms with van der Waals surface area (Å²) in [5.74, 6) is -0.166. The summed E-state index contributed by atoms with van der Waals surface area (Å²) in [5.41, 5.74) is 18.5. The molecule has 0 aromatic heterocycles. The van der Waals surface area contributed by atoms with E-state index in [9.17, 15) is 0 Å². The molecule has 0 bridgehead atoms. The maximum absolute atomic E-state index is 15.0. The Hall–Kier alpha value is -5.79. The van der Waals surface area contributed by atoms with Gasteiger partial charge in [0.1, 0.15) is 5.82 Å². The molecular formula is C47H31F. The highest BCUT2D eigenvalue weighted by atomic mass is 19.1. The van der Waals surface area contributed by atoms with Crippen LogP contribution in [-0.2, 0) is 12.8 Å². The van der Waals surface area contributed by atoms with E-state index in [1.54, 1.807) is 6.07 Å². The standard InChI is InChI=1S/C47H31F/c1-2-33-39(27-32-25-31-18-11-21-37-41(48)24-23-35(32)42(31)37)44(29-15-7-4-8-16-29)46-38-22-12-20-36-34-19-10-9-17-30(34)26-40(45(36)38)47(46)43(33)28-13-5-3-6-14-28/h2-8,10-16,18-24,26-27H,1,9,17,25H2/b32-27+. The fraction of sp³-hybridized carbons (Fsp3) is 0.0638. The number of hydrogen-bond acceptors (Lipinski definition) is 0. The highest BCUT2D eigenvalue weighted by Crippen LogP contribution is 2.59. The maximum atomic E-state index is 15.0. The highest BCUT2D eigenvalue weighted by molar-refractivity contribution is 6.25. The van der Waals surface area contributed by atoms with Gasteiger partial charge >= 0.3 is 0 Å². The van der Waals surface area contributed by atoms with Crippen molar-refractivity contribution in [1.29, 1.82) is 0 Å². The SMILES string of the molecule is C=Cc1c(/C=C2\Cc3cccc4c(F)ccc2c34)c(-c2ccccc2)c2c(c1-c1ccccc1)-c1cc3c(c4cccc-2c14)C=CCC3. The maximum Gasteiger partial charge on any atom is 0.131 e. The van der Waals surface area contributed by atoms with E-state index in [2.05, 4.69) is 122 Å². The van der Waals surface area contributed by atoms with Crippen LogP contribution in [0.15, 0.2) is 128 Å². The molecule has 0 spiro atoms. The van der Waals surface area contributed by atoms with Gasteiger partial charge in [0, 0.05) is 5.39 Å². The number of aryl methyl sites for hydroxylation is 1. The molecule has 0 saturated carbocycles. The van der Waals surface area contributed by atoms with Gasteiger partial charge in [-0.3, -0.25) is 0 Å². The van der Waals surface area contributed by atoms with Gasteiger partial charge in [0.15, 0.2) is 0 Å². The molecular weight excluding hydrogens is 584 g/mol. The van der Waals surface area contributed by atoms with Gasteiger partial charge in [0.05, 0.1) is 0 Å². The third kappa shape index (κ3) is 3.76. The lowest BCUT2D eigenvalue weighted by Crippen LogP contribution is -2.00. The molecule has 0 saturated heterocycles. The van der Waals surface area contributed by atoms with Gasteiger partial charge in [-0.25, -0.2) is 4.39 Å². The van der Waals surface area contributed by atoms with E-state index < -0.39 is 0 Å². The average Bonchev–Trinajstić information content (AvgIpc) is 3.66. The van der Waals surface area contributed by atoms with Gasteiger partial charge in [-0.15, -0.1) is 0 Å². The first-order valence-electron chi connectivity index (χ1n) is 16.9. The van der Waals surface area contributed by atoms with Crippen LogP contribution < -0.4 is 0 Å². The summed E-state index contributed by atoms with van der Waals surface area (Å²) in [7, 11) is 0. The molecule has 0 aliphatic heterocycles. The van der Waals surface area contributed by atoms with Crippen LogP contribution in [-0.4, -0.2) is 0 Å². The lowest BCUT2D eigenvalue weighted by Gasteiger charge is -2.23. The summed E-state index contributed by atoms with van der Waals surface area (Å²) in [4.78, 5) is 0. The zero-order valence-electron chi connectivity index (χ0n) is 26.5. The third-order valence-corrected chi connectivity index (χ3v) is 10.7. The Balaban J connectivity index is 1.39. The number of fused-ring (bicyclic) bond motifs is 5. The Morgan fingerprint density at radius 2 is 1.29 bits per heavy atom. The van der Waals surface area contributed by atoms with Crippen LogP contribution >= 0.6 is 0 Å². The van der Waals surface area contributed by atoms with Crippen LogP contribution in [0.2, 0.25) is 0 Å². The van der Waals surface area contributed by atoms with Gasteiger partial charge in [0.25, 0.3) is 0 Å². The zero-order valence-corrected chi connectivity index (χ0v) is 26.5. The summed E-state index contributed by atoms with van der Waals surface area (Å²) in [6, 6.07) is 40.6. The van der Waals surface area contributed by atoms with Crippen molar-refractivity contribution < 1.29 is 4.39 Å². The minimum Gasteiger partial charge on any atom is -0.206 e. The second kappa shape index (κ2) is 10.4. The fourth-order valence-corrected chi connectivity index (χ4v) is 8.78. The molecule has 0 fully saturated rings. The predicted molar refractivity (Wildman–Crippen MR) is 202 cm³/mol. The van der Waals surface area contributed by atoms with E-state index in [0.717, 1.165) is 41.3 Å². The van der Waals surface area contributed by atoms with E-state index in [4.69, 9.17) is 0 Å². The van der Waals surface area contributed by atoms with E-state index in [0.29, 0.717) is 5.39 Å². The second-order valence-corrected chi connectivity index (χ2v) is 13.2. The Bertz CT molecular complexity index is 2580. The minimum atomic E-state index is -0.166. The molecule has 3 aliphatic rings. The predicted octanol–water partition coefficient (Wildman–Crippen LogP) is 12.8. The summed E-state index contributed by atoms with van der Waals surface area (Å²) < 4.78 is 15.0. The van der Waals surface area contributed by atoms with E-state index in [-0.39, 0.29) is 5.82 Å². The van der Waals surface area contributed by atoms with Crippen LogP contribution in [0, 0.1) is 5.82 Å². The number of halogens is 1. The Morgan fingerprint density at radius 3 is 2.06 bits per heavy atom. The number of benzene rings is 7.